The van der Waals surface area contributed by atoms with Crippen LogP contribution in [0.25, 0.3) is 11.4 Å². The van der Waals surface area contributed by atoms with E-state index in [0.717, 1.165) is 43.1 Å². The molecule has 0 saturated carbocycles. The number of unbranched alkanes of at least 4 members (excludes halogenated alkanes) is 1. The molecule has 0 unspecified atom stereocenters. The van der Waals surface area contributed by atoms with Crippen molar-refractivity contribution in [3.05, 3.63) is 54.0 Å². The van der Waals surface area contributed by atoms with Crippen LogP contribution in [-0.4, -0.2) is 58.7 Å². The standard InChI is InChI=1S/C24H29N5O3/c1-3-5-16-31-20-9-6-18(7-10-20)24(30)29-14-12-28(13-15-29)21-11-8-19(17-25-21)23-26-22(4-2)32-27-23/h6-11,17H,3-5,12-16H2,1-2H3. The molecule has 8 nitrogen and oxygen atoms in total. The number of ether oxygens (including phenoxy) is 1. The van der Waals surface area contributed by atoms with Gasteiger partial charge in [-0.1, -0.05) is 25.4 Å². The highest BCUT2D eigenvalue weighted by Gasteiger charge is 2.23. The summed E-state index contributed by atoms with van der Waals surface area (Å²) in [6.45, 7) is 7.59. The molecule has 4 rings (SSSR count). The molecule has 0 atom stereocenters. The van der Waals surface area contributed by atoms with Gasteiger partial charge in [0.25, 0.3) is 5.91 Å². The number of anilines is 1. The van der Waals surface area contributed by atoms with Crippen LogP contribution in [0.1, 0.15) is 42.9 Å². The Kier molecular flexibility index (Phi) is 6.99. The number of hydrogen-bond acceptors (Lipinski definition) is 7. The minimum absolute atomic E-state index is 0.0527. The Balaban J connectivity index is 1.31. The summed E-state index contributed by atoms with van der Waals surface area (Å²) in [5.74, 6) is 2.91. The first-order valence-electron chi connectivity index (χ1n) is 11.2. The van der Waals surface area contributed by atoms with Crippen molar-refractivity contribution in [1.29, 1.82) is 0 Å². The average molecular weight is 436 g/mol. The van der Waals surface area contributed by atoms with Crippen molar-refractivity contribution in [2.75, 3.05) is 37.7 Å². The van der Waals surface area contributed by atoms with E-state index in [1.165, 1.54) is 0 Å². The first kappa shape index (κ1) is 21.8. The van der Waals surface area contributed by atoms with Crippen molar-refractivity contribution >= 4 is 11.7 Å². The number of aromatic nitrogens is 3. The van der Waals surface area contributed by atoms with E-state index in [1.807, 2.05) is 48.2 Å². The fourth-order valence-electron chi connectivity index (χ4n) is 3.57. The molecule has 0 radical (unpaired) electrons. The predicted molar refractivity (Wildman–Crippen MR) is 122 cm³/mol. The Hall–Kier alpha value is -3.42. The summed E-state index contributed by atoms with van der Waals surface area (Å²) < 4.78 is 10.9. The summed E-state index contributed by atoms with van der Waals surface area (Å²) in [5, 5.41) is 3.99. The molecule has 1 aliphatic rings. The molecule has 1 amide bonds. The van der Waals surface area contributed by atoms with Crippen LogP contribution in [0.15, 0.2) is 47.1 Å². The number of amides is 1. The number of aryl methyl sites for hydroxylation is 1. The van der Waals surface area contributed by atoms with Crippen LogP contribution in [0, 0.1) is 0 Å². The number of pyridine rings is 1. The zero-order valence-electron chi connectivity index (χ0n) is 18.7. The van der Waals surface area contributed by atoms with Crippen LogP contribution in [0.5, 0.6) is 5.75 Å². The summed E-state index contributed by atoms with van der Waals surface area (Å²) in [4.78, 5) is 25.9. The lowest BCUT2D eigenvalue weighted by atomic mass is 10.1. The number of benzene rings is 1. The molecule has 3 heterocycles. The third-order valence-corrected chi connectivity index (χ3v) is 5.54. The fourth-order valence-corrected chi connectivity index (χ4v) is 3.57. The second-order valence-corrected chi connectivity index (χ2v) is 7.78. The Labute approximate surface area is 188 Å². The number of nitrogens with zero attached hydrogens (tertiary/aromatic N) is 5. The van der Waals surface area contributed by atoms with E-state index >= 15 is 0 Å². The van der Waals surface area contributed by atoms with Gasteiger partial charge < -0.3 is 19.1 Å². The topological polar surface area (TPSA) is 84.6 Å². The fraction of sp³-hybridized carbons (Fsp3) is 0.417. The van der Waals surface area contributed by atoms with Crippen LogP contribution in [0.2, 0.25) is 0 Å². The molecule has 3 aromatic rings. The van der Waals surface area contributed by atoms with Crippen LogP contribution >= 0.6 is 0 Å². The van der Waals surface area contributed by atoms with Gasteiger partial charge in [0.15, 0.2) is 0 Å². The molecule has 1 saturated heterocycles. The van der Waals surface area contributed by atoms with E-state index in [0.29, 0.717) is 43.4 Å². The number of hydrogen-bond donors (Lipinski definition) is 0. The lowest BCUT2D eigenvalue weighted by molar-refractivity contribution is 0.0746. The van der Waals surface area contributed by atoms with Gasteiger partial charge in [0, 0.05) is 49.9 Å². The first-order chi connectivity index (χ1) is 15.7. The van der Waals surface area contributed by atoms with E-state index in [9.17, 15) is 4.79 Å². The van der Waals surface area contributed by atoms with Gasteiger partial charge in [-0.05, 0) is 42.8 Å². The molecule has 0 spiro atoms. The number of piperazine rings is 1. The van der Waals surface area contributed by atoms with Crippen LogP contribution < -0.4 is 9.64 Å². The van der Waals surface area contributed by atoms with Crippen LogP contribution in [-0.2, 0) is 6.42 Å². The lowest BCUT2D eigenvalue weighted by Crippen LogP contribution is -2.49. The normalized spacial score (nSPS) is 13.9. The summed E-state index contributed by atoms with van der Waals surface area (Å²) in [6.07, 6.45) is 4.60. The molecule has 0 aliphatic carbocycles. The molecule has 32 heavy (non-hydrogen) atoms. The van der Waals surface area contributed by atoms with Gasteiger partial charge in [-0.2, -0.15) is 4.98 Å². The van der Waals surface area contributed by atoms with E-state index in [2.05, 4.69) is 26.9 Å². The van der Waals surface area contributed by atoms with Crippen molar-refractivity contribution in [1.82, 2.24) is 20.0 Å². The van der Waals surface area contributed by atoms with Gasteiger partial charge in [0.1, 0.15) is 11.6 Å². The van der Waals surface area contributed by atoms with E-state index < -0.39 is 0 Å². The molecule has 0 N–H and O–H groups in total. The van der Waals surface area contributed by atoms with Crippen LogP contribution in [0.4, 0.5) is 5.82 Å². The first-order valence-corrected chi connectivity index (χ1v) is 11.2. The highest BCUT2D eigenvalue weighted by molar-refractivity contribution is 5.94. The highest BCUT2D eigenvalue weighted by atomic mass is 16.5. The molecule has 1 aliphatic heterocycles. The smallest absolute Gasteiger partial charge is 0.253 e. The zero-order valence-corrected chi connectivity index (χ0v) is 18.7. The molecule has 1 fully saturated rings. The van der Waals surface area contributed by atoms with Crippen molar-refractivity contribution in [2.45, 2.75) is 33.1 Å². The van der Waals surface area contributed by atoms with Gasteiger partial charge in [0.05, 0.1) is 6.61 Å². The Bertz CT molecular complexity index is 1010. The van der Waals surface area contributed by atoms with Crippen molar-refractivity contribution in [3.63, 3.8) is 0 Å². The quantitative estimate of drug-likeness (QED) is 0.497. The van der Waals surface area contributed by atoms with Gasteiger partial charge in [0.2, 0.25) is 11.7 Å². The van der Waals surface area contributed by atoms with Crippen molar-refractivity contribution in [2.24, 2.45) is 0 Å². The lowest BCUT2D eigenvalue weighted by Gasteiger charge is -2.35. The summed E-state index contributed by atoms with van der Waals surface area (Å²) >= 11 is 0. The Morgan fingerprint density at radius 3 is 2.47 bits per heavy atom. The highest BCUT2D eigenvalue weighted by Crippen LogP contribution is 2.21. The maximum atomic E-state index is 12.9. The molecule has 2 aromatic heterocycles. The summed E-state index contributed by atoms with van der Waals surface area (Å²) in [6, 6.07) is 11.4. The monoisotopic (exact) mass is 435 g/mol. The maximum Gasteiger partial charge on any atom is 0.253 e. The number of carbonyl (C=O) groups is 1. The van der Waals surface area contributed by atoms with E-state index in [-0.39, 0.29) is 5.91 Å². The molecular weight excluding hydrogens is 406 g/mol. The minimum atomic E-state index is 0.0527. The van der Waals surface area contributed by atoms with Gasteiger partial charge in [-0.15, -0.1) is 0 Å². The second-order valence-electron chi connectivity index (χ2n) is 7.78. The molecule has 1 aromatic carbocycles. The Morgan fingerprint density at radius 1 is 1.06 bits per heavy atom. The minimum Gasteiger partial charge on any atom is -0.494 e. The third kappa shape index (κ3) is 5.07. The average Bonchev–Trinajstić information content (AvgIpc) is 3.34. The van der Waals surface area contributed by atoms with Gasteiger partial charge >= 0.3 is 0 Å². The van der Waals surface area contributed by atoms with Crippen LogP contribution in [0.3, 0.4) is 0 Å². The third-order valence-electron chi connectivity index (χ3n) is 5.54. The van der Waals surface area contributed by atoms with E-state index in [1.54, 1.807) is 6.20 Å². The largest absolute Gasteiger partial charge is 0.494 e. The van der Waals surface area contributed by atoms with E-state index in [4.69, 9.17) is 9.26 Å². The SMILES string of the molecule is CCCCOc1ccc(C(=O)N2CCN(c3ccc(-c4noc(CC)n4)cn3)CC2)cc1. The summed E-state index contributed by atoms with van der Waals surface area (Å²) in [7, 11) is 0. The molecule has 168 valence electrons. The molecular formula is C24H29N5O3. The van der Waals surface area contributed by atoms with Gasteiger partial charge in [-0.3, -0.25) is 4.79 Å². The number of carbonyl (C=O) groups excluding carboxylic acids is 1. The maximum absolute atomic E-state index is 12.9. The van der Waals surface area contributed by atoms with Gasteiger partial charge in [-0.25, -0.2) is 4.98 Å². The number of rotatable bonds is 8. The van der Waals surface area contributed by atoms with Crippen molar-refractivity contribution in [3.8, 4) is 17.1 Å². The Morgan fingerprint density at radius 2 is 1.84 bits per heavy atom. The zero-order chi connectivity index (χ0) is 22.3. The summed E-state index contributed by atoms with van der Waals surface area (Å²) in [5.41, 5.74) is 1.52. The second kappa shape index (κ2) is 10.3. The predicted octanol–water partition coefficient (Wildman–Crippen LogP) is 3.84. The molecule has 8 heteroatoms. The van der Waals surface area contributed by atoms with Crippen molar-refractivity contribution < 1.29 is 14.1 Å². The molecule has 0 bridgehead atoms.